The fourth-order valence-corrected chi connectivity index (χ4v) is 8.21. The summed E-state index contributed by atoms with van der Waals surface area (Å²) in [7, 11) is 4.71. The number of amides is 1. The first-order valence-corrected chi connectivity index (χ1v) is 16.5. The number of carbonyl (C=O) groups is 2. The molecule has 0 aromatic heterocycles. The number of benzene rings is 2. The van der Waals surface area contributed by atoms with E-state index in [0.29, 0.717) is 42.8 Å². The van der Waals surface area contributed by atoms with E-state index in [1.807, 2.05) is 18.2 Å². The average Bonchev–Trinajstić information content (AvgIpc) is 3.16. The summed E-state index contributed by atoms with van der Waals surface area (Å²) in [4.78, 5) is 30.7. The smallest absolute Gasteiger partial charge is 0.343 e. The molecule has 1 amide bonds. The zero-order valence-electron chi connectivity index (χ0n) is 26.8. The molecule has 0 unspecified atom stereocenters. The van der Waals surface area contributed by atoms with E-state index in [1.54, 1.807) is 25.1 Å². The first-order valence-electron chi connectivity index (χ1n) is 16.1. The van der Waals surface area contributed by atoms with Gasteiger partial charge >= 0.3 is 5.97 Å². The molecule has 6 rings (SSSR count). The summed E-state index contributed by atoms with van der Waals surface area (Å²) in [6.45, 7) is 4.49. The number of halogens is 1. The zero-order chi connectivity index (χ0) is 31.9. The monoisotopic (exact) mass is 636 g/mol. The van der Waals surface area contributed by atoms with E-state index < -0.39 is 18.0 Å². The maximum absolute atomic E-state index is 13.5. The van der Waals surface area contributed by atoms with Crippen LogP contribution < -0.4 is 9.64 Å². The number of fused-ring (bicyclic) bond motifs is 4. The topological polar surface area (TPSA) is 88.5 Å². The molecule has 1 fully saturated rings. The minimum absolute atomic E-state index is 0.0231. The van der Waals surface area contributed by atoms with Gasteiger partial charge in [0, 0.05) is 44.2 Å². The van der Waals surface area contributed by atoms with Crippen molar-refractivity contribution < 1.29 is 28.9 Å². The molecule has 2 heterocycles. The van der Waals surface area contributed by atoms with Crippen LogP contribution >= 0.6 is 11.6 Å². The number of rotatable bonds is 2. The predicted molar refractivity (Wildman–Crippen MR) is 174 cm³/mol. The van der Waals surface area contributed by atoms with Gasteiger partial charge in [0.25, 0.3) is 0 Å². The van der Waals surface area contributed by atoms with E-state index >= 15 is 0 Å². The second-order valence-electron chi connectivity index (χ2n) is 13.7. The molecule has 1 spiro atoms. The van der Waals surface area contributed by atoms with E-state index in [-0.39, 0.29) is 23.3 Å². The molecular formula is C36H45ClN2O6. The van der Waals surface area contributed by atoms with Crippen molar-refractivity contribution in [1.29, 1.82) is 0 Å². The van der Waals surface area contributed by atoms with Crippen LogP contribution in [0.25, 0.3) is 0 Å². The zero-order valence-corrected chi connectivity index (χ0v) is 27.5. The minimum Gasteiger partial charge on any atom is -0.490 e. The van der Waals surface area contributed by atoms with Crippen LogP contribution in [0.5, 0.6) is 5.75 Å². The van der Waals surface area contributed by atoms with Gasteiger partial charge in [-0.05, 0) is 90.8 Å². The summed E-state index contributed by atoms with van der Waals surface area (Å²) in [5, 5.41) is 12.7. The van der Waals surface area contributed by atoms with E-state index in [2.05, 4.69) is 36.1 Å². The molecule has 2 aliphatic carbocycles. The van der Waals surface area contributed by atoms with Gasteiger partial charge in [0.15, 0.2) is 5.60 Å². The molecular weight excluding hydrogens is 592 g/mol. The summed E-state index contributed by atoms with van der Waals surface area (Å²) in [6, 6.07) is 11.6. The van der Waals surface area contributed by atoms with Crippen LogP contribution in [-0.2, 0) is 36.5 Å². The van der Waals surface area contributed by atoms with Crippen LogP contribution in [0.15, 0.2) is 48.6 Å². The Morgan fingerprint density at radius 1 is 1.11 bits per heavy atom. The second kappa shape index (κ2) is 12.6. The Kier molecular flexibility index (Phi) is 8.94. The van der Waals surface area contributed by atoms with Crippen LogP contribution in [0.3, 0.4) is 0 Å². The quantitative estimate of drug-likeness (QED) is 0.355. The summed E-state index contributed by atoms with van der Waals surface area (Å²) < 4.78 is 17.7. The lowest BCUT2D eigenvalue weighted by atomic mass is 9.68. The largest absolute Gasteiger partial charge is 0.490 e. The first kappa shape index (κ1) is 31.9. The highest BCUT2D eigenvalue weighted by atomic mass is 35.5. The molecule has 1 N–H and O–H groups in total. The van der Waals surface area contributed by atoms with Gasteiger partial charge in [-0.25, -0.2) is 4.79 Å². The Bertz CT molecular complexity index is 1480. The number of methoxy groups -OCH3 is 2. The lowest BCUT2D eigenvalue weighted by molar-refractivity contribution is -0.168. The Hall–Kier alpha value is -3.07. The molecule has 4 aliphatic rings. The van der Waals surface area contributed by atoms with E-state index in [0.717, 1.165) is 49.4 Å². The second-order valence-corrected chi connectivity index (χ2v) is 14.1. The number of nitrogens with zero attached hydrogens (tertiary/aromatic N) is 2. The van der Waals surface area contributed by atoms with Gasteiger partial charge in [-0.15, -0.1) is 0 Å². The average molecular weight is 637 g/mol. The van der Waals surface area contributed by atoms with Gasteiger partial charge in [0.2, 0.25) is 5.91 Å². The van der Waals surface area contributed by atoms with E-state index in [1.165, 1.54) is 18.2 Å². The van der Waals surface area contributed by atoms with Crippen LogP contribution in [0.2, 0.25) is 5.02 Å². The summed E-state index contributed by atoms with van der Waals surface area (Å²) >= 11 is 6.44. The summed E-state index contributed by atoms with van der Waals surface area (Å²) in [6.07, 6.45) is 8.96. The number of aryl methyl sites for hydroxylation is 1. The molecule has 2 aliphatic heterocycles. The molecule has 2 aromatic carbocycles. The predicted octanol–water partition coefficient (Wildman–Crippen LogP) is 5.27. The number of anilines is 1. The molecule has 6 atom stereocenters. The van der Waals surface area contributed by atoms with E-state index in [4.69, 9.17) is 25.8 Å². The van der Waals surface area contributed by atoms with Gasteiger partial charge in [-0.2, -0.15) is 0 Å². The van der Waals surface area contributed by atoms with Crippen LogP contribution in [0, 0.1) is 17.8 Å². The van der Waals surface area contributed by atoms with Gasteiger partial charge in [-0.3, -0.25) is 4.79 Å². The minimum atomic E-state index is -2.16. The maximum atomic E-state index is 13.5. The fourth-order valence-electron chi connectivity index (χ4n) is 8.01. The normalized spacial score (nSPS) is 32.4. The number of hydrogen-bond donors (Lipinski definition) is 1. The number of ether oxygens (including phenoxy) is 3. The summed E-state index contributed by atoms with van der Waals surface area (Å²) in [5.41, 5.74) is 1.25. The lowest BCUT2D eigenvalue weighted by Gasteiger charge is -2.46. The molecule has 2 bridgehead atoms. The molecule has 0 radical (unpaired) electrons. The maximum Gasteiger partial charge on any atom is 0.343 e. The fraction of sp³-hybridized carbons (Fsp3) is 0.556. The van der Waals surface area contributed by atoms with Gasteiger partial charge in [0.05, 0.1) is 31.9 Å². The first-order chi connectivity index (χ1) is 21.6. The van der Waals surface area contributed by atoms with Crippen molar-refractivity contribution in [3.63, 3.8) is 0 Å². The van der Waals surface area contributed by atoms with Gasteiger partial charge < -0.3 is 29.1 Å². The molecule has 242 valence electrons. The molecule has 9 heteroatoms. The molecule has 8 nitrogen and oxygen atoms in total. The van der Waals surface area contributed by atoms with Crippen molar-refractivity contribution >= 4 is 29.2 Å². The SMILES string of the molecule is COC(=O)[C@]1(O)CC(=O)N(C)C[C@@H](C)/C=C/[C@H](OC)[C@@H]2CC[C@H]2CN2C[C@@]3(CCCc4cc(Cl)ccc43)COc3ccc1cc32. The Morgan fingerprint density at radius 2 is 1.93 bits per heavy atom. The van der Waals surface area contributed by atoms with Crippen LogP contribution in [0.1, 0.15) is 55.7 Å². The van der Waals surface area contributed by atoms with Crippen LogP contribution in [0.4, 0.5) is 5.69 Å². The highest BCUT2D eigenvalue weighted by Crippen LogP contribution is 2.48. The third kappa shape index (κ3) is 5.97. The highest BCUT2D eigenvalue weighted by molar-refractivity contribution is 6.30. The summed E-state index contributed by atoms with van der Waals surface area (Å²) in [5.74, 6) is 0.269. The van der Waals surface area contributed by atoms with Crippen molar-refractivity contribution in [3.8, 4) is 5.75 Å². The van der Waals surface area contributed by atoms with E-state index in [9.17, 15) is 14.7 Å². The van der Waals surface area contributed by atoms with Crippen molar-refractivity contribution in [2.24, 2.45) is 17.8 Å². The highest BCUT2D eigenvalue weighted by Gasteiger charge is 2.46. The van der Waals surface area contributed by atoms with Crippen molar-refractivity contribution in [2.75, 3.05) is 52.4 Å². The van der Waals surface area contributed by atoms with Crippen LogP contribution in [-0.4, -0.2) is 75.5 Å². The lowest BCUT2D eigenvalue weighted by Crippen LogP contribution is -2.49. The molecule has 0 saturated heterocycles. The number of aliphatic hydroxyl groups is 1. The van der Waals surface area contributed by atoms with Crippen molar-refractivity contribution in [2.45, 2.75) is 62.6 Å². The van der Waals surface area contributed by atoms with Gasteiger partial charge in [0.1, 0.15) is 5.75 Å². The van der Waals surface area contributed by atoms with Crippen molar-refractivity contribution in [3.05, 3.63) is 70.3 Å². The number of carbonyl (C=O) groups excluding carboxylic acids is 2. The Labute approximate surface area is 271 Å². The third-order valence-corrected chi connectivity index (χ3v) is 10.9. The molecule has 1 saturated carbocycles. The van der Waals surface area contributed by atoms with Gasteiger partial charge in [-0.1, -0.05) is 42.8 Å². The standard InChI is InChI=1S/C36H45ClN2O6/c1-23-7-13-31(43-3)28-11-8-25(28)20-39-21-35(15-5-6-24-16-27(37)10-12-29(24)35)22-45-32-14-9-26(17-30(32)39)36(42,34(41)44-4)18-33(40)38(2)19-23/h7,9-10,12-14,16-17,23,25,28,31,42H,5-6,8,11,15,18-22H2,1-4H3/b13-7+/t23-,25-,28+,31-,35-,36-/m0/s1. The Morgan fingerprint density at radius 3 is 2.67 bits per heavy atom. The number of hydrogen-bond acceptors (Lipinski definition) is 7. The molecule has 45 heavy (non-hydrogen) atoms. The third-order valence-electron chi connectivity index (χ3n) is 10.7. The Balaban J connectivity index is 1.47. The van der Waals surface area contributed by atoms with Crippen molar-refractivity contribution in [1.82, 2.24) is 4.90 Å². The molecule has 2 aromatic rings. The number of esters is 1.